The highest BCUT2D eigenvalue weighted by atomic mass is 35.5. The van der Waals surface area contributed by atoms with Gasteiger partial charge in [-0.2, -0.15) is 0 Å². The molecule has 10 aromatic rings. The Bertz CT molecular complexity index is 4350. The molecule has 0 atom stereocenters. The normalized spacial score (nSPS) is 13.4. The van der Waals surface area contributed by atoms with Crippen LogP contribution in [-0.2, 0) is 32.5 Å². The molecule has 0 radical (unpaired) electrons. The molecule has 0 amide bonds. The van der Waals surface area contributed by atoms with E-state index in [1.165, 1.54) is 17.2 Å². The van der Waals surface area contributed by atoms with Crippen LogP contribution >= 0.6 is 11.6 Å². The van der Waals surface area contributed by atoms with E-state index in [9.17, 15) is 10.2 Å². The third-order valence-electron chi connectivity index (χ3n) is 18.5. The predicted octanol–water partition coefficient (Wildman–Crippen LogP) is 24.0. The Hall–Kier alpha value is -7.29. The zero-order chi connectivity index (χ0) is 67.5. The number of benzene rings is 8. The predicted molar refractivity (Wildman–Crippen MR) is 385 cm³/mol. The molecule has 92 heavy (non-hydrogen) atoms. The summed E-state index contributed by atoms with van der Waals surface area (Å²) in [5.41, 5.74) is 11.4. The monoisotopic (exact) mass is 1260 g/mol. The minimum atomic E-state index is -0.893. The molecule has 9 heteroatoms. The standard InChI is InChI=1S/C83H99ClF2N2O4/c1-76(2,3)47-82(19,20)53-36-62(73(89)70(42-53)87-66-38-49(78(7,8)9)24-29-57(66)58-30-25-50(39-67(58)87)79(10,11)12)61-44-55(84)28-33-72(61)91-34-23-35-92-75-64(45-56(85)46-65(75)86)63-37-54(83(21,22)48-77(4,5)6)43-71(74(63)90)88-68-40-51(80(13,14)15)26-31-59(68)60-32-27-52(41-69(60)88)81(16,17)18/h24-33,36-46,89-90H,23,34-35,47-48H2,1-22H3. The summed E-state index contributed by atoms with van der Waals surface area (Å²) in [6, 6.07) is 42.3. The van der Waals surface area contributed by atoms with Crippen LogP contribution in [0.1, 0.15) is 205 Å². The van der Waals surface area contributed by atoms with E-state index in [0.717, 1.165) is 84.8 Å². The third kappa shape index (κ3) is 13.6. The van der Waals surface area contributed by atoms with Crippen molar-refractivity contribution < 1.29 is 28.5 Å². The van der Waals surface area contributed by atoms with Gasteiger partial charge in [-0.15, -0.1) is 0 Å². The zero-order valence-corrected chi connectivity index (χ0v) is 59.7. The minimum absolute atomic E-state index is 0.0217. The third-order valence-corrected chi connectivity index (χ3v) is 18.7. The highest BCUT2D eigenvalue weighted by molar-refractivity contribution is 6.31. The van der Waals surface area contributed by atoms with Gasteiger partial charge in [-0.25, -0.2) is 8.78 Å². The summed E-state index contributed by atoms with van der Waals surface area (Å²) in [5.74, 6) is -1.44. The molecular formula is C83H99ClF2N2O4. The SMILES string of the molecule is CC(C)(C)CC(C)(C)c1cc(-c2cc(Cl)ccc2OCCCOc2c(F)cc(F)cc2-c2cc(C(C)(C)CC(C)(C)C)cc(-n3c4cc(C(C)(C)C)ccc4c4ccc(C(C)(C)C)cc43)c2O)c(O)c(-n2c3cc(C(C)(C)C)ccc3c3ccc(C(C)(C)C)cc32)c1. The molecule has 2 N–H and O–H groups in total. The molecule has 6 nitrogen and oxygen atoms in total. The number of rotatable bonds is 14. The van der Waals surface area contributed by atoms with E-state index in [0.29, 0.717) is 33.3 Å². The summed E-state index contributed by atoms with van der Waals surface area (Å²) in [7, 11) is 0. The number of hydrogen-bond donors (Lipinski definition) is 2. The molecule has 0 saturated heterocycles. The van der Waals surface area contributed by atoms with Gasteiger partial charge in [0.25, 0.3) is 0 Å². The largest absolute Gasteiger partial charge is 0.505 e. The van der Waals surface area contributed by atoms with Gasteiger partial charge in [-0.1, -0.05) is 212 Å². The Morgan fingerprint density at radius 1 is 0.380 bits per heavy atom. The Morgan fingerprint density at radius 3 is 1.10 bits per heavy atom. The average molecular weight is 1260 g/mol. The first-order valence-electron chi connectivity index (χ1n) is 32.9. The topological polar surface area (TPSA) is 68.8 Å². The number of phenolic OH excluding ortho intramolecular Hbond substituents is 2. The number of nitrogens with zero attached hydrogens (tertiary/aromatic N) is 2. The Balaban J connectivity index is 1.06. The van der Waals surface area contributed by atoms with Crippen molar-refractivity contribution in [1.82, 2.24) is 9.13 Å². The maximum absolute atomic E-state index is 16.8. The number of halogens is 3. The van der Waals surface area contributed by atoms with Crippen molar-refractivity contribution in [3.05, 3.63) is 177 Å². The van der Waals surface area contributed by atoms with Gasteiger partial charge < -0.3 is 28.8 Å². The first kappa shape index (κ1) is 67.6. The quantitative estimate of drug-likeness (QED) is 0.106. The van der Waals surface area contributed by atoms with Crippen molar-refractivity contribution in [1.29, 1.82) is 0 Å². The van der Waals surface area contributed by atoms with Crippen LogP contribution in [0.2, 0.25) is 5.02 Å². The van der Waals surface area contributed by atoms with E-state index in [1.54, 1.807) is 6.07 Å². The summed E-state index contributed by atoms with van der Waals surface area (Å²) >= 11 is 6.96. The van der Waals surface area contributed by atoms with Gasteiger partial charge in [0, 0.05) is 61.3 Å². The first-order valence-corrected chi connectivity index (χ1v) is 33.3. The number of phenols is 2. The lowest BCUT2D eigenvalue weighted by Gasteiger charge is -2.34. The van der Waals surface area contributed by atoms with E-state index in [2.05, 4.69) is 252 Å². The Kier molecular flexibility index (Phi) is 17.4. The first-order chi connectivity index (χ1) is 42.4. The van der Waals surface area contributed by atoms with Crippen LogP contribution in [0.3, 0.4) is 0 Å². The number of aromatic nitrogens is 2. The van der Waals surface area contributed by atoms with Gasteiger partial charge in [0.1, 0.15) is 23.1 Å². The molecule has 0 aliphatic rings. The summed E-state index contributed by atoms with van der Waals surface area (Å²) in [5, 5.41) is 31.0. The fraction of sp³-hybridized carbons (Fsp3) is 0.422. The Labute approximate surface area is 552 Å². The highest BCUT2D eigenvalue weighted by Gasteiger charge is 2.34. The smallest absolute Gasteiger partial charge is 0.168 e. The van der Waals surface area contributed by atoms with E-state index in [-0.39, 0.29) is 85.9 Å². The van der Waals surface area contributed by atoms with Gasteiger partial charge in [-0.05, 0) is 162 Å². The highest BCUT2D eigenvalue weighted by Crippen LogP contribution is 2.51. The Morgan fingerprint density at radius 2 is 0.739 bits per heavy atom. The van der Waals surface area contributed by atoms with E-state index in [1.807, 2.05) is 18.2 Å². The van der Waals surface area contributed by atoms with Gasteiger partial charge >= 0.3 is 0 Å². The molecular weight excluding hydrogens is 1160 g/mol. The lowest BCUT2D eigenvalue weighted by molar-refractivity contribution is 0.242. The molecule has 0 saturated carbocycles. The summed E-state index contributed by atoms with van der Waals surface area (Å²) in [4.78, 5) is 0. The van der Waals surface area contributed by atoms with E-state index in [4.69, 9.17) is 21.1 Å². The van der Waals surface area contributed by atoms with Crippen molar-refractivity contribution >= 4 is 55.2 Å². The van der Waals surface area contributed by atoms with Crippen LogP contribution in [0.4, 0.5) is 8.78 Å². The molecule has 0 unspecified atom stereocenters. The van der Waals surface area contributed by atoms with Gasteiger partial charge in [0.05, 0.1) is 46.7 Å². The molecule has 2 aromatic heterocycles. The maximum Gasteiger partial charge on any atom is 0.168 e. The number of hydrogen-bond acceptors (Lipinski definition) is 4. The van der Waals surface area contributed by atoms with Crippen molar-refractivity contribution in [2.75, 3.05) is 13.2 Å². The number of ether oxygens (including phenoxy) is 2. The fourth-order valence-corrected chi connectivity index (χ4v) is 14.4. The van der Waals surface area contributed by atoms with Crippen LogP contribution < -0.4 is 9.47 Å². The molecule has 0 bridgehead atoms. The second-order valence-corrected chi connectivity index (χ2v) is 34.5. The molecule has 10 rings (SSSR count). The van der Waals surface area contributed by atoms with Crippen molar-refractivity contribution in [2.24, 2.45) is 10.8 Å². The fourth-order valence-electron chi connectivity index (χ4n) is 14.2. The molecule has 0 aliphatic heterocycles. The molecule has 8 aromatic carbocycles. The van der Waals surface area contributed by atoms with Crippen molar-refractivity contribution in [3.8, 4) is 56.6 Å². The van der Waals surface area contributed by atoms with Gasteiger partial charge in [0.2, 0.25) is 0 Å². The summed E-state index contributed by atoms with van der Waals surface area (Å²) in [6.45, 7) is 48.9. The molecule has 0 aliphatic carbocycles. The van der Waals surface area contributed by atoms with Gasteiger partial charge in [0.15, 0.2) is 11.6 Å². The molecule has 2 heterocycles. The molecule has 486 valence electrons. The van der Waals surface area contributed by atoms with Crippen molar-refractivity contribution in [3.63, 3.8) is 0 Å². The molecule has 0 fully saturated rings. The van der Waals surface area contributed by atoms with Crippen LogP contribution in [0.5, 0.6) is 23.0 Å². The number of fused-ring (bicyclic) bond motifs is 6. The lowest BCUT2D eigenvalue weighted by atomic mass is 9.71. The van der Waals surface area contributed by atoms with Crippen LogP contribution in [0.15, 0.2) is 127 Å². The van der Waals surface area contributed by atoms with Crippen LogP contribution in [0, 0.1) is 22.5 Å². The van der Waals surface area contributed by atoms with Crippen LogP contribution in [-0.4, -0.2) is 32.6 Å². The van der Waals surface area contributed by atoms with Crippen molar-refractivity contribution in [2.45, 2.75) is 204 Å². The maximum atomic E-state index is 16.8. The van der Waals surface area contributed by atoms with Crippen LogP contribution in [0.25, 0.3) is 77.2 Å². The minimum Gasteiger partial charge on any atom is -0.505 e. The summed E-state index contributed by atoms with van der Waals surface area (Å²) < 4.78 is 50.5. The van der Waals surface area contributed by atoms with E-state index < -0.39 is 17.0 Å². The second kappa shape index (κ2) is 23.6. The zero-order valence-electron chi connectivity index (χ0n) is 58.9. The van der Waals surface area contributed by atoms with E-state index >= 15 is 8.78 Å². The molecule has 0 spiro atoms. The van der Waals surface area contributed by atoms with Gasteiger partial charge in [-0.3, -0.25) is 0 Å². The lowest BCUT2D eigenvalue weighted by Crippen LogP contribution is -2.25. The average Bonchev–Trinajstić information content (AvgIpc) is 1.38. The second-order valence-electron chi connectivity index (χ2n) is 34.1. The summed E-state index contributed by atoms with van der Waals surface area (Å²) in [6.07, 6.45) is 1.91. The number of aromatic hydroxyl groups is 2.